The van der Waals surface area contributed by atoms with Crippen LogP contribution in [0.1, 0.15) is 18.0 Å². The van der Waals surface area contributed by atoms with Crippen LogP contribution in [-0.2, 0) is 11.3 Å². The first-order valence-electron chi connectivity index (χ1n) is 6.76. The van der Waals surface area contributed by atoms with Gasteiger partial charge in [-0.3, -0.25) is 0 Å². The van der Waals surface area contributed by atoms with E-state index in [4.69, 9.17) is 4.74 Å². The van der Waals surface area contributed by atoms with E-state index in [0.29, 0.717) is 19.2 Å². The first-order valence-corrected chi connectivity index (χ1v) is 6.76. The van der Waals surface area contributed by atoms with E-state index in [0.717, 1.165) is 18.5 Å². The highest BCUT2D eigenvalue weighted by Gasteiger charge is 2.27. The molecule has 0 radical (unpaired) electrons. The van der Waals surface area contributed by atoms with Crippen LogP contribution in [0.15, 0.2) is 49.1 Å². The molecule has 0 unspecified atom stereocenters. The summed E-state index contributed by atoms with van der Waals surface area (Å²) in [6.07, 6.45) is 6.19. The first-order chi connectivity index (χ1) is 9.83. The lowest BCUT2D eigenvalue weighted by Crippen LogP contribution is -2.29. The number of carbonyl (C=O) groups is 1. The van der Waals surface area contributed by atoms with Crippen molar-refractivity contribution in [2.75, 3.05) is 13.1 Å². The predicted molar refractivity (Wildman–Crippen MR) is 74.1 cm³/mol. The molecule has 2 heterocycles. The molecule has 1 atom stereocenters. The molecule has 104 valence electrons. The summed E-state index contributed by atoms with van der Waals surface area (Å²) >= 11 is 0. The van der Waals surface area contributed by atoms with E-state index >= 15 is 0 Å². The number of aromatic nitrogens is 2. The number of hydrogen-bond acceptors (Lipinski definition) is 3. The summed E-state index contributed by atoms with van der Waals surface area (Å²) in [4.78, 5) is 17.8. The van der Waals surface area contributed by atoms with Crippen molar-refractivity contribution in [3.05, 3.63) is 54.6 Å². The fourth-order valence-corrected chi connectivity index (χ4v) is 2.45. The quantitative estimate of drug-likeness (QED) is 0.861. The van der Waals surface area contributed by atoms with Crippen molar-refractivity contribution in [1.29, 1.82) is 0 Å². The number of amides is 1. The summed E-state index contributed by atoms with van der Waals surface area (Å²) in [5, 5.41) is 0. The zero-order valence-electron chi connectivity index (χ0n) is 11.2. The highest BCUT2D eigenvalue weighted by Crippen LogP contribution is 2.21. The van der Waals surface area contributed by atoms with Crippen LogP contribution < -0.4 is 0 Å². The largest absolute Gasteiger partial charge is 0.445 e. The van der Waals surface area contributed by atoms with E-state index in [1.807, 2.05) is 41.1 Å². The molecule has 0 saturated carbocycles. The highest BCUT2D eigenvalue weighted by atomic mass is 16.6. The monoisotopic (exact) mass is 271 g/mol. The van der Waals surface area contributed by atoms with Gasteiger partial charge in [-0.2, -0.15) is 0 Å². The van der Waals surface area contributed by atoms with Gasteiger partial charge < -0.3 is 14.2 Å². The Kier molecular flexibility index (Phi) is 3.67. The van der Waals surface area contributed by atoms with Crippen LogP contribution in [0.25, 0.3) is 0 Å². The number of ether oxygens (including phenoxy) is 1. The van der Waals surface area contributed by atoms with Gasteiger partial charge in [0.15, 0.2) is 0 Å². The van der Waals surface area contributed by atoms with Crippen molar-refractivity contribution < 1.29 is 9.53 Å². The van der Waals surface area contributed by atoms with Gasteiger partial charge in [-0.05, 0) is 12.0 Å². The molecule has 1 aliphatic rings. The number of hydrogen-bond donors (Lipinski definition) is 0. The molecule has 0 spiro atoms. The van der Waals surface area contributed by atoms with Crippen LogP contribution in [0.4, 0.5) is 4.79 Å². The second-order valence-corrected chi connectivity index (χ2v) is 4.94. The molecule has 1 aromatic carbocycles. The van der Waals surface area contributed by atoms with Gasteiger partial charge in [0.25, 0.3) is 0 Å². The predicted octanol–water partition coefficient (Wildman–Crippen LogP) is 2.47. The lowest BCUT2D eigenvalue weighted by molar-refractivity contribution is 0.103. The van der Waals surface area contributed by atoms with Gasteiger partial charge in [0.05, 0.1) is 12.4 Å². The average Bonchev–Trinajstić information content (AvgIpc) is 3.16. The Morgan fingerprint density at radius 1 is 1.35 bits per heavy atom. The van der Waals surface area contributed by atoms with Crippen molar-refractivity contribution >= 4 is 6.09 Å². The number of rotatable bonds is 3. The molecule has 20 heavy (non-hydrogen) atoms. The Bertz CT molecular complexity index is 554. The van der Waals surface area contributed by atoms with E-state index in [1.165, 1.54) is 0 Å². The van der Waals surface area contributed by atoms with E-state index in [-0.39, 0.29) is 6.09 Å². The number of nitrogens with zero attached hydrogens (tertiary/aromatic N) is 3. The van der Waals surface area contributed by atoms with Gasteiger partial charge in [0.1, 0.15) is 6.61 Å². The Morgan fingerprint density at radius 3 is 2.95 bits per heavy atom. The van der Waals surface area contributed by atoms with Crippen molar-refractivity contribution in [2.45, 2.75) is 19.1 Å². The van der Waals surface area contributed by atoms with Gasteiger partial charge in [-0.25, -0.2) is 9.78 Å². The third-order valence-electron chi connectivity index (χ3n) is 3.57. The standard InChI is InChI=1S/C15H17N3O2/c19-15(20-11-13-4-2-1-3-5-13)17-8-6-14(10-17)18-9-7-16-12-18/h1-5,7,9,12,14H,6,8,10-11H2/t14-/m1/s1. The number of imidazole rings is 1. The van der Waals surface area contributed by atoms with Crippen LogP contribution in [0.2, 0.25) is 0 Å². The minimum atomic E-state index is -0.239. The summed E-state index contributed by atoms with van der Waals surface area (Å²) in [6, 6.07) is 10.0. The maximum Gasteiger partial charge on any atom is 0.410 e. The molecular formula is C15H17N3O2. The van der Waals surface area contributed by atoms with Crippen molar-refractivity contribution in [2.24, 2.45) is 0 Å². The maximum atomic E-state index is 12.0. The second-order valence-electron chi connectivity index (χ2n) is 4.94. The summed E-state index contributed by atoms with van der Waals surface area (Å²) < 4.78 is 7.39. The second kappa shape index (κ2) is 5.77. The smallest absolute Gasteiger partial charge is 0.410 e. The lowest BCUT2D eigenvalue weighted by atomic mass is 10.2. The summed E-state index contributed by atoms with van der Waals surface area (Å²) in [5.41, 5.74) is 1.01. The molecule has 1 amide bonds. The molecule has 1 aromatic heterocycles. The lowest BCUT2D eigenvalue weighted by Gasteiger charge is -2.16. The van der Waals surface area contributed by atoms with Gasteiger partial charge in [-0.15, -0.1) is 0 Å². The molecule has 0 bridgehead atoms. The normalized spacial score (nSPS) is 18.2. The van der Waals surface area contributed by atoms with Crippen LogP contribution in [0.3, 0.4) is 0 Å². The molecule has 2 aromatic rings. The van der Waals surface area contributed by atoms with Crippen LogP contribution >= 0.6 is 0 Å². The Hall–Kier alpha value is -2.30. The van der Waals surface area contributed by atoms with E-state index < -0.39 is 0 Å². The fourth-order valence-electron chi connectivity index (χ4n) is 2.45. The zero-order valence-corrected chi connectivity index (χ0v) is 11.2. The molecule has 5 heteroatoms. The van der Waals surface area contributed by atoms with Crippen LogP contribution in [-0.4, -0.2) is 33.6 Å². The number of likely N-dealkylation sites (tertiary alicyclic amines) is 1. The molecule has 0 aliphatic carbocycles. The van der Waals surface area contributed by atoms with Gasteiger partial charge in [0, 0.05) is 25.5 Å². The number of carbonyl (C=O) groups excluding carboxylic acids is 1. The van der Waals surface area contributed by atoms with Crippen LogP contribution in [0, 0.1) is 0 Å². The van der Waals surface area contributed by atoms with Gasteiger partial charge in [0.2, 0.25) is 0 Å². The number of benzene rings is 1. The SMILES string of the molecule is O=C(OCc1ccccc1)N1CC[C@@H](n2ccnc2)C1. The fraction of sp³-hybridized carbons (Fsp3) is 0.333. The Balaban J connectivity index is 1.51. The zero-order chi connectivity index (χ0) is 13.8. The molecule has 0 N–H and O–H groups in total. The minimum absolute atomic E-state index is 0.239. The minimum Gasteiger partial charge on any atom is -0.445 e. The summed E-state index contributed by atoms with van der Waals surface area (Å²) in [7, 11) is 0. The van der Waals surface area contributed by atoms with E-state index in [2.05, 4.69) is 4.98 Å². The molecule has 5 nitrogen and oxygen atoms in total. The maximum absolute atomic E-state index is 12.0. The summed E-state index contributed by atoms with van der Waals surface area (Å²) in [6.45, 7) is 1.74. The third-order valence-corrected chi connectivity index (χ3v) is 3.57. The topological polar surface area (TPSA) is 47.4 Å². The Morgan fingerprint density at radius 2 is 2.20 bits per heavy atom. The molecule has 1 saturated heterocycles. The third kappa shape index (κ3) is 2.82. The van der Waals surface area contributed by atoms with Crippen molar-refractivity contribution in [1.82, 2.24) is 14.5 Å². The van der Waals surface area contributed by atoms with E-state index in [9.17, 15) is 4.79 Å². The van der Waals surface area contributed by atoms with Crippen molar-refractivity contribution in [3.8, 4) is 0 Å². The molecule has 1 aliphatic heterocycles. The highest BCUT2D eigenvalue weighted by molar-refractivity contribution is 5.68. The van der Waals surface area contributed by atoms with Gasteiger partial charge in [-0.1, -0.05) is 30.3 Å². The molecule has 3 rings (SSSR count). The molecule has 1 fully saturated rings. The Labute approximate surface area is 117 Å². The van der Waals surface area contributed by atoms with Crippen molar-refractivity contribution in [3.63, 3.8) is 0 Å². The first kappa shape index (κ1) is 12.7. The average molecular weight is 271 g/mol. The summed E-state index contributed by atoms with van der Waals surface area (Å²) in [5.74, 6) is 0. The van der Waals surface area contributed by atoms with Gasteiger partial charge >= 0.3 is 6.09 Å². The van der Waals surface area contributed by atoms with Crippen LogP contribution in [0.5, 0.6) is 0 Å². The molecular weight excluding hydrogens is 254 g/mol. The van der Waals surface area contributed by atoms with E-state index in [1.54, 1.807) is 17.4 Å².